The third-order valence-electron chi connectivity index (χ3n) is 3.16. The molecule has 20 heavy (non-hydrogen) atoms. The van der Waals surface area contributed by atoms with Crippen molar-refractivity contribution in [3.8, 4) is 0 Å². The quantitative estimate of drug-likeness (QED) is 0.885. The van der Waals surface area contributed by atoms with E-state index in [1.165, 1.54) is 12.1 Å². The van der Waals surface area contributed by atoms with Gasteiger partial charge < -0.3 is 9.73 Å². The van der Waals surface area contributed by atoms with Crippen LogP contribution >= 0.6 is 11.6 Å². The third-order valence-corrected chi connectivity index (χ3v) is 3.52. The molecule has 0 aliphatic carbocycles. The molecule has 0 bridgehead atoms. The summed E-state index contributed by atoms with van der Waals surface area (Å²) in [5.74, 6) is 0.591. The lowest BCUT2D eigenvalue weighted by molar-refractivity contribution is 0.250. The van der Waals surface area contributed by atoms with E-state index in [0.717, 1.165) is 11.3 Å². The maximum atomic E-state index is 13.0. The van der Waals surface area contributed by atoms with Crippen molar-refractivity contribution in [1.82, 2.24) is 10.2 Å². The highest BCUT2D eigenvalue weighted by atomic mass is 35.5. The molecule has 1 heterocycles. The number of hydrogen-bond acceptors (Lipinski definition) is 3. The summed E-state index contributed by atoms with van der Waals surface area (Å²) in [4.78, 5) is 2.08. The molecule has 0 saturated heterocycles. The van der Waals surface area contributed by atoms with Crippen molar-refractivity contribution in [2.24, 2.45) is 0 Å². The lowest BCUT2D eigenvalue weighted by Crippen LogP contribution is -2.30. The van der Waals surface area contributed by atoms with Gasteiger partial charge in [-0.3, -0.25) is 4.90 Å². The van der Waals surface area contributed by atoms with Gasteiger partial charge in [-0.15, -0.1) is 0 Å². The van der Waals surface area contributed by atoms with Crippen LogP contribution in [-0.2, 0) is 6.54 Å². The highest BCUT2D eigenvalue weighted by molar-refractivity contribution is 6.31. The SMILES string of the molecule is CN(C)C(CNCc1ccc(F)cc1Cl)c1ccco1. The molecule has 1 aromatic carbocycles. The molecule has 1 atom stereocenters. The number of furan rings is 1. The summed E-state index contributed by atoms with van der Waals surface area (Å²) in [7, 11) is 4.00. The maximum Gasteiger partial charge on any atom is 0.124 e. The van der Waals surface area contributed by atoms with Crippen molar-refractivity contribution in [3.05, 3.63) is 58.8 Å². The number of halogens is 2. The molecule has 5 heteroatoms. The second-order valence-corrected chi connectivity index (χ2v) is 5.27. The van der Waals surface area contributed by atoms with Crippen LogP contribution in [0.5, 0.6) is 0 Å². The molecular formula is C15H18ClFN2O. The summed E-state index contributed by atoms with van der Waals surface area (Å²) in [5.41, 5.74) is 0.880. The number of hydrogen-bond donors (Lipinski definition) is 1. The largest absolute Gasteiger partial charge is 0.468 e. The first kappa shape index (κ1) is 15.0. The average molecular weight is 297 g/mol. The normalized spacial score (nSPS) is 12.8. The molecule has 0 radical (unpaired) electrons. The van der Waals surface area contributed by atoms with Crippen LogP contribution in [0.4, 0.5) is 4.39 Å². The van der Waals surface area contributed by atoms with Crippen LogP contribution in [0.25, 0.3) is 0 Å². The van der Waals surface area contributed by atoms with Gasteiger partial charge in [-0.25, -0.2) is 4.39 Å². The van der Waals surface area contributed by atoms with E-state index in [1.54, 1.807) is 12.3 Å². The Morgan fingerprint density at radius 1 is 1.35 bits per heavy atom. The molecule has 0 aliphatic rings. The van der Waals surface area contributed by atoms with Crippen molar-refractivity contribution in [3.63, 3.8) is 0 Å². The van der Waals surface area contributed by atoms with Gasteiger partial charge >= 0.3 is 0 Å². The van der Waals surface area contributed by atoms with Crippen molar-refractivity contribution >= 4 is 11.6 Å². The van der Waals surface area contributed by atoms with E-state index in [9.17, 15) is 4.39 Å². The van der Waals surface area contributed by atoms with Gasteiger partial charge in [0, 0.05) is 18.1 Å². The molecule has 0 spiro atoms. The lowest BCUT2D eigenvalue weighted by Gasteiger charge is -2.22. The molecule has 108 valence electrons. The first-order chi connectivity index (χ1) is 9.58. The van der Waals surface area contributed by atoms with Crippen molar-refractivity contribution in [2.45, 2.75) is 12.6 Å². The Labute approximate surface area is 123 Å². The fourth-order valence-corrected chi connectivity index (χ4v) is 2.26. The van der Waals surface area contributed by atoms with Crippen molar-refractivity contribution < 1.29 is 8.81 Å². The van der Waals surface area contributed by atoms with Crippen LogP contribution in [-0.4, -0.2) is 25.5 Å². The summed E-state index contributed by atoms with van der Waals surface area (Å²) in [6, 6.07) is 8.42. The second-order valence-electron chi connectivity index (χ2n) is 4.86. The summed E-state index contributed by atoms with van der Waals surface area (Å²) in [6.45, 7) is 1.30. The molecule has 1 aromatic heterocycles. The number of likely N-dealkylation sites (N-methyl/N-ethyl adjacent to an activating group) is 1. The van der Waals surface area contributed by atoms with Gasteiger partial charge in [-0.05, 0) is 43.9 Å². The zero-order valence-electron chi connectivity index (χ0n) is 11.6. The van der Waals surface area contributed by atoms with E-state index in [-0.39, 0.29) is 11.9 Å². The third kappa shape index (κ3) is 3.82. The zero-order valence-corrected chi connectivity index (χ0v) is 12.3. The van der Waals surface area contributed by atoms with Gasteiger partial charge in [0.25, 0.3) is 0 Å². The fourth-order valence-electron chi connectivity index (χ4n) is 2.03. The molecule has 0 fully saturated rings. The Morgan fingerprint density at radius 2 is 2.15 bits per heavy atom. The van der Waals surface area contributed by atoms with Gasteiger partial charge in [0.2, 0.25) is 0 Å². The van der Waals surface area contributed by atoms with Crippen LogP contribution in [0.3, 0.4) is 0 Å². The summed E-state index contributed by atoms with van der Waals surface area (Å²) in [6.07, 6.45) is 1.67. The molecule has 3 nitrogen and oxygen atoms in total. The molecule has 0 aliphatic heterocycles. The smallest absolute Gasteiger partial charge is 0.124 e. The molecular weight excluding hydrogens is 279 g/mol. The minimum absolute atomic E-state index is 0.143. The lowest BCUT2D eigenvalue weighted by atomic mass is 10.2. The summed E-state index contributed by atoms with van der Waals surface area (Å²) >= 11 is 6.00. The van der Waals surface area contributed by atoms with Crippen LogP contribution in [0.15, 0.2) is 41.0 Å². The molecule has 0 amide bonds. The molecule has 2 aromatic rings. The van der Waals surface area contributed by atoms with Gasteiger partial charge in [-0.2, -0.15) is 0 Å². The van der Waals surface area contributed by atoms with E-state index >= 15 is 0 Å². The average Bonchev–Trinajstić information content (AvgIpc) is 2.90. The monoisotopic (exact) mass is 296 g/mol. The van der Waals surface area contributed by atoms with E-state index in [4.69, 9.17) is 16.0 Å². The fraction of sp³-hybridized carbons (Fsp3) is 0.333. The van der Waals surface area contributed by atoms with Gasteiger partial charge in [0.05, 0.1) is 12.3 Å². The highest BCUT2D eigenvalue weighted by Crippen LogP contribution is 2.19. The van der Waals surface area contributed by atoms with E-state index in [1.807, 2.05) is 26.2 Å². The van der Waals surface area contributed by atoms with Gasteiger partial charge in [-0.1, -0.05) is 17.7 Å². The van der Waals surface area contributed by atoms with Gasteiger partial charge in [0.1, 0.15) is 11.6 Å². The number of nitrogens with one attached hydrogen (secondary N) is 1. The van der Waals surface area contributed by atoms with Crippen LogP contribution in [0.2, 0.25) is 5.02 Å². The molecule has 1 N–H and O–H groups in total. The van der Waals surface area contributed by atoms with E-state index in [0.29, 0.717) is 18.1 Å². The second kappa shape index (κ2) is 6.88. The summed E-state index contributed by atoms with van der Waals surface area (Å²) < 4.78 is 18.4. The Bertz CT molecular complexity index is 543. The number of rotatable bonds is 6. The topological polar surface area (TPSA) is 28.4 Å². The Balaban J connectivity index is 1.94. The van der Waals surface area contributed by atoms with Crippen molar-refractivity contribution in [2.75, 3.05) is 20.6 Å². The van der Waals surface area contributed by atoms with E-state index in [2.05, 4.69) is 10.2 Å². The van der Waals surface area contributed by atoms with Crippen LogP contribution < -0.4 is 5.32 Å². The highest BCUT2D eigenvalue weighted by Gasteiger charge is 2.16. The Hall–Kier alpha value is -1.36. The Morgan fingerprint density at radius 3 is 2.75 bits per heavy atom. The minimum atomic E-state index is -0.319. The standard InChI is InChI=1S/C15H18ClFN2O/c1-19(2)14(15-4-3-7-20-15)10-18-9-11-5-6-12(17)8-13(11)16/h3-8,14,18H,9-10H2,1-2H3. The molecule has 1 unspecified atom stereocenters. The predicted molar refractivity (Wildman–Crippen MR) is 78.3 cm³/mol. The minimum Gasteiger partial charge on any atom is -0.468 e. The maximum absolute atomic E-state index is 13.0. The van der Waals surface area contributed by atoms with Gasteiger partial charge in [0.15, 0.2) is 0 Å². The van der Waals surface area contributed by atoms with E-state index < -0.39 is 0 Å². The molecule has 2 rings (SSSR count). The Kier molecular flexibility index (Phi) is 5.17. The number of benzene rings is 1. The van der Waals surface area contributed by atoms with Crippen LogP contribution in [0, 0.1) is 5.82 Å². The van der Waals surface area contributed by atoms with Crippen LogP contribution in [0.1, 0.15) is 17.4 Å². The summed E-state index contributed by atoms with van der Waals surface area (Å²) in [5, 5.41) is 3.76. The first-order valence-corrected chi connectivity index (χ1v) is 6.80. The predicted octanol–water partition coefficient (Wildman–Crippen LogP) is 3.46. The first-order valence-electron chi connectivity index (χ1n) is 6.42. The zero-order chi connectivity index (χ0) is 14.5. The van der Waals surface area contributed by atoms with Crippen molar-refractivity contribution in [1.29, 1.82) is 0 Å². The molecule has 0 saturated carbocycles. The number of nitrogens with zero attached hydrogens (tertiary/aromatic N) is 1.